The predicted molar refractivity (Wildman–Crippen MR) is 63.4 cm³/mol. The second-order valence-electron chi connectivity index (χ2n) is 4.41. The molecule has 0 bridgehead atoms. The third kappa shape index (κ3) is 2.58. The molecule has 1 saturated heterocycles. The van der Waals surface area contributed by atoms with Gasteiger partial charge in [0.05, 0.1) is 5.92 Å². The molecule has 1 aliphatic rings. The molecule has 15 heavy (non-hydrogen) atoms. The fourth-order valence-electron chi connectivity index (χ4n) is 2.11. The van der Waals surface area contributed by atoms with Crippen LogP contribution in [0.3, 0.4) is 0 Å². The van der Waals surface area contributed by atoms with Gasteiger partial charge >= 0.3 is 0 Å². The van der Waals surface area contributed by atoms with Crippen LogP contribution in [0.1, 0.15) is 20.8 Å². The van der Waals surface area contributed by atoms with E-state index in [2.05, 4.69) is 25.4 Å². The first-order valence-electron chi connectivity index (χ1n) is 5.20. The molecular formula is C13H19NO. The topological polar surface area (TPSA) is 29.1 Å². The minimum Gasteiger partial charge on any atom is -0.355 e. The first kappa shape index (κ1) is 11.8. The van der Waals surface area contributed by atoms with Crippen LogP contribution < -0.4 is 5.32 Å². The SMILES string of the molecule is C=C(C)/C=C(\C)[C@H]1CNC(=O)[C@@H]1C(=C)C. The van der Waals surface area contributed by atoms with Gasteiger partial charge in [-0.1, -0.05) is 36.0 Å². The Kier molecular flexibility index (Phi) is 3.51. The van der Waals surface area contributed by atoms with Gasteiger partial charge in [-0.15, -0.1) is 0 Å². The predicted octanol–water partition coefficient (Wildman–Crippen LogP) is 2.45. The van der Waals surface area contributed by atoms with Gasteiger partial charge in [0.2, 0.25) is 5.91 Å². The lowest BCUT2D eigenvalue weighted by atomic mass is 9.84. The van der Waals surface area contributed by atoms with E-state index in [0.717, 1.165) is 11.1 Å². The molecule has 0 radical (unpaired) electrons. The molecule has 2 heteroatoms. The number of hydrogen-bond acceptors (Lipinski definition) is 1. The number of allylic oxidation sites excluding steroid dienone is 2. The van der Waals surface area contributed by atoms with Crippen molar-refractivity contribution >= 4 is 5.91 Å². The maximum Gasteiger partial charge on any atom is 0.227 e. The average Bonchev–Trinajstić information content (AvgIpc) is 2.45. The van der Waals surface area contributed by atoms with Gasteiger partial charge in [0.25, 0.3) is 0 Å². The molecule has 0 aliphatic carbocycles. The molecular weight excluding hydrogens is 186 g/mol. The van der Waals surface area contributed by atoms with Crippen molar-refractivity contribution in [1.82, 2.24) is 5.32 Å². The van der Waals surface area contributed by atoms with E-state index in [1.807, 2.05) is 19.9 Å². The summed E-state index contributed by atoms with van der Waals surface area (Å²) in [5, 5.41) is 2.88. The van der Waals surface area contributed by atoms with Crippen LogP contribution in [-0.4, -0.2) is 12.5 Å². The van der Waals surface area contributed by atoms with Crippen molar-refractivity contribution in [3.8, 4) is 0 Å². The molecule has 1 rings (SSSR count). The number of hydrogen-bond donors (Lipinski definition) is 1. The van der Waals surface area contributed by atoms with Crippen LogP contribution in [-0.2, 0) is 4.79 Å². The van der Waals surface area contributed by atoms with Gasteiger partial charge in [-0.25, -0.2) is 0 Å². The van der Waals surface area contributed by atoms with Gasteiger partial charge < -0.3 is 5.32 Å². The van der Waals surface area contributed by atoms with Gasteiger partial charge in [0.1, 0.15) is 0 Å². The molecule has 0 aromatic rings. The average molecular weight is 205 g/mol. The Morgan fingerprint density at radius 3 is 2.47 bits per heavy atom. The normalized spacial score (nSPS) is 26.3. The number of rotatable bonds is 3. The van der Waals surface area contributed by atoms with Crippen molar-refractivity contribution in [2.75, 3.05) is 6.54 Å². The molecule has 2 atom stereocenters. The summed E-state index contributed by atoms with van der Waals surface area (Å²) in [6, 6.07) is 0. The standard InChI is InChI=1S/C13H19NO/c1-8(2)6-10(5)11-7-14-13(15)12(11)9(3)4/h6,11-12H,1,3,7H2,2,4-5H3,(H,14,15)/b10-6+/t11-,12-/m1/s1. The van der Waals surface area contributed by atoms with Crippen molar-refractivity contribution in [3.63, 3.8) is 0 Å². The van der Waals surface area contributed by atoms with E-state index in [9.17, 15) is 4.79 Å². The summed E-state index contributed by atoms with van der Waals surface area (Å²) in [4.78, 5) is 11.6. The van der Waals surface area contributed by atoms with Crippen molar-refractivity contribution in [2.24, 2.45) is 11.8 Å². The molecule has 0 aromatic carbocycles. The van der Waals surface area contributed by atoms with Crippen LogP contribution in [0, 0.1) is 11.8 Å². The molecule has 1 fully saturated rings. The Hall–Kier alpha value is -1.31. The number of nitrogens with one attached hydrogen (secondary N) is 1. The molecule has 0 spiro atoms. The zero-order valence-electron chi connectivity index (χ0n) is 9.76. The molecule has 1 aliphatic heterocycles. The lowest BCUT2D eigenvalue weighted by Gasteiger charge is -2.17. The quantitative estimate of drug-likeness (QED) is 0.556. The highest BCUT2D eigenvalue weighted by molar-refractivity contribution is 5.84. The third-order valence-electron chi connectivity index (χ3n) is 2.77. The summed E-state index contributed by atoms with van der Waals surface area (Å²) >= 11 is 0. The van der Waals surface area contributed by atoms with E-state index < -0.39 is 0 Å². The Labute approximate surface area is 91.8 Å². The maximum absolute atomic E-state index is 11.6. The first-order valence-corrected chi connectivity index (χ1v) is 5.20. The zero-order valence-corrected chi connectivity index (χ0v) is 9.76. The summed E-state index contributed by atoms with van der Waals surface area (Å²) in [7, 11) is 0. The monoisotopic (exact) mass is 205 g/mol. The zero-order chi connectivity index (χ0) is 11.6. The molecule has 0 unspecified atom stereocenters. The Balaban J connectivity index is 2.91. The molecule has 1 amide bonds. The number of amides is 1. The first-order chi connectivity index (χ1) is 6.93. The highest BCUT2D eigenvalue weighted by Crippen LogP contribution is 2.30. The molecule has 0 aromatic heterocycles. The Morgan fingerprint density at radius 1 is 1.40 bits per heavy atom. The number of carbonyl (C=O) groups excluding carboxylic acids is 1. The third-order valence-corrected chi connectivity index (χ3v) is 2.77. The van der Waals surface area contributed by atoms with E-state index in [1.54, 1.807) is 0 Å². The smallest absolute Gasteiger partial charge is 0.227 e. The van der Waals surface area contributed by atoms with Crippen LogP contribution in [0.15, 0.2) is 36.0 Å². The summed E-state index contributed by atoms with van der Waals surface area (Å²) in [5.41, 5.74) is 3.16. The minimum atomic E-state index is -0.0689. The highest BCUT2D eigenvalue weighted by Gasteiger charge is 2.35. The second-order valence-corrected chi connectivity index (χ2v) is 4.41. The van der Waals surface area contributed by atoms with Crippen molar-refractivity contribution in [1.29, 1.82) is 0 Å². The van der Waals surface area contributed by atoms with Crippen LogP contribution in [0.5, 0.6) is 0 Å². The lowest BCUT2D eigenvalue weighted by molar-refractivity contribution is -0.121. The van der Waals surface area contributed by atoms with Gasteiger partial charge in [-0.05, 0) is 20.8 Å². The summed E-state index contributed by atoms with van der Waals surface area (Å²) in [5.74, 6) is 0.272. The molecule has 0 saturated carbocycles. The summed E-state index contributed by atoms with van der Waals surface area (Å²) in [6.07, 6.45) is 2.04. The second kappa shape index (κ2) is 4.47. The Bertz CT molecular complexity index is 338. The molecule has 82 valence electrons. The highest BCUT2D eigenvalue weighted by atomic mass is 16.2. The van der Waals surface area contributed by atoms with Gasteiger partial charge in [-0.3, -0.25) is 4.79 Å². The van der Waals surface area contributed by atoms with Crippen molar-refractivity contribution < 1.29 is 4.79 Å². The van der Waals surface area contributed by atoms with Gasteiger partial charge in [0.15, 0.2) is 0 Å². The van der Waals surface area contributed by atoms with Crippen LogP contribution in [0.2, 0.25) is 0 Å². The van der Waals surface area contributed by atoms with Crippen LogP contribution in [0.4, 0.5) is 0 Å². The largest absolute Gasteiger partial charge is 0.355 e. The fourth-order valence-corrected chi connectivity index (χ4v) is 2.11. The molecule has 2 nitrogen and oxygen atoms in total. The van der Waals surface area contributed by atoms with E-state index in [-0.39, 0.29) is 17.7 Å². The minimum absolute atomic E-state index is 0.0689. The lowest BCUT2D eigenvalue weighted by Crippen LogP contribution is -2.20. The van der Waals surface area contributed by atoms with E-state index in [4.69, 9.17) is 0 Å². The van der Waals surface area contributed by atoms with Crippen LogP contribution >= 0.6 is 0 Å². The molecule has 1 heterocycles. The van der Waals surface area contributed by atoms with Crippen molar-refractivity contribution in [3.05, 3.63) is 36.0 Å². The number of carbonyl (C=O) groups is 1. The maximum atomic E-state index is 11.6. The fraction of sp³-hybridized carbons (Fsp3) is 0.462. The van der Waals surface area contributed by atoms with E-state index in [1.165, 1.54) is 5.57 Å². The summed E-state index contributed by atoms with van der Waals surface area (Å²) in [6.45, 7) is 14.4. The van der Waals surface area contributed by atoms with E-state index >= 15 is 0 Å². The summed E-state index contributed by atoms with van der Waals surface area (Å²) < 4.78 is 0. The Morgan fingerprint density at radius 2 is 2.00 bits per heavy atom. The van der Waals surface area contributed by atoms with Gasteiger partial charge in [0, 0.05) is 12.5 Å². The van der Waals surface area contributed by atoms with Crippen LogP contribution in [0.25, 0.3) is 0 Å². The van der Waals surface area contributed by atoms with Gasteiger partial charge in [-0.2, -0.15) is 0 Å². The van der Waals surface area contributed by atoms with E-state index in [0.29, 0.717) is 6.54 Å². The van der Waals surface area contributed by atoms with Crippen molar-refractivity contribution in [2.45, 2.75) is 20.8 Å². The molecule has 1 N–H and O–H groups in total.